The molecule has 0 amide bonds. The number of nitrogens with one attached hydrogen (secondary N) is 1. The molecule has 5 heteroatoms. The number of carboxylic acid groups (broad SMARTS) is 1. The van der Waals surface area contributed by atoms with Crippen molar-refractivity contribution in [2.75, 3.05) is 5.32 Å². The minimum Gasteiger partial charge on any atom is -0.481 e. The molecule has 0 aliphatic heterocycles. The Labute approximate surface area is 111 Å². The van der Waals surface area contributed by atoms with E-state index in [9.17, 15) is 4.79 Å². The third-order valence-corrected chi connectivity index (χ3v) is 2.94. The molecule has 1 unspecified atom stereocenters. The Bertz CT molecular complexity index is 566. The van der Waals surface area contributed by atoms with Gasteiger partial charge in [0, 0.05) is 11.4 Å². The Morgan fingerprint density at radius 3 is 2.89 bits per heavy atom. The van der Waals surface area contributed by atoms with Crippen molar-refractivity contribution in [2.24, 2.45) is 0 Å². The highest BCUT2D eigenvalue weighted by molar-refractivity contribution is 5.88. The number of aliphatic carboxylic acids is 1. The molecule has 0 saturated carbocycles. The Kier molecular flexibility index (Phi) is 4.28. The van der Waals surface area contributed by atoms with Crippen LogP contribution < -0.4 is 5.32 Å². The van der Waals surface area contributed by atoms with Crippen molar-refractivity contribution in [3.63, 3.8) is 0 Å². The number of carbonyl (C=O) groups is 1. The van der Waals surface area contributed by atoms with Crippen LogP contribution in [0.15, 0.2) is 30.6 Å². The summed E-state index contributed by atoms with van der Waals surface area (Å²) in [7, 11) is 0. The summed E-state index contributed by atoms with van der Waals surface area (Å²) >= 11 is 0. The fraction of sp³-hybridized carbons (Fsp3) is 0.357. The van der Waals surface area contributed by atoms with Gasteiger partial charge in [0.15, 0.2) is 0 Å². The maximum Gasteiger partial charge on any atom is 0.305 e. The van der Waals surface area contributed by atoms with Crippen molar-refractivity contribution in [3.8, 4) is 0 Å². The van der Waals surface area contributed by atoms with Crippen LogP contribution in [-0.2, 0) is 4.79 Å². The zero-order valence-corrected chi connectivity index (χ0v) is 10.8. The van der Waals surface area contributed by atoms with E-state index >= 15 is 0 Å². The molecule has 0 aliphatic rings. The zero-order valence-electron chi connectivity index (χ0n) is 10.8. The molecule has 0 fully saturated rings. The van der Waals surface area contributed by atoms with Gasteiger partial charge >= 0.3 is 5.97 Å². The second-order valence-corrected chi connectivity index (χ2v) is 4.47. The number of carboxylic acids is 1. The van der Waals surface area contributed by atoms with Gasteiger partial charge < -0.3 is 10.4 Å². The molecule has 0 bridgehead atoms. The van der Waals surface area contributed by atoms with Crippen LogP contribution in [0.5, 0.6) is 0 Å². The van der Waals surface area contributed by atoms with E-state index in [1.54, 1.807) is 0 Å². The third kappa shape index (κ3) is 3.40. The van der Waals surface area contributed by atoms with E-state index < -0.39 is 5.97 Å². The fourth-order valence-electron chi connectivity index (χ4n) is 2.10. The SMILES string of the molecule is CCCC(CC(=O)O)Nc1ncnc2ccccc12. The predicted molar refractivity (Wildman–Crippen MR) is 74.1 cm³/mol. The number of benzene rings is 1. The minimum absolute atomic E-state index is 0.0895. The Morgan fingerprint density at radius 2 is 2.16 bits per heavy atom. The van der Waals surface area contributed by atoms with Gasteiger partial charge in [-0.3, -0.25) is 4.79 Å². The van der Waals surface area contributed by atoms with Gasteiger partial charge in [0.05, 0.1) is 11.9 Å². The first-order valence-electron chi connectivity index (χ1n) is 6.38. The highest BCUT2D eigenvalue weighted by atomic mass is 16.4. The van der Waals surface area contributed by atoms with Gasteiger partial charge in [-0.25, -0.2) is 9.97 Å². The molecule has 1 atom stereocenters. The summed E-state index contributed by atoms with van der Waals surface area (Å²) < 4.78 is 0. The second-order valence-electron chi connectivity index (χ2n) is 4.47. The van der Waals surface area contributed by atoms with Crippen LogP contribution in [0.1, 0.15) is 26.2 Å². The van der Waals surface area contributed by atoms with Crippen molar-refractivity contribution in [1.82, 2.24) is 9.97 Å². The van der Waals surface area contributed by atoms with Gasteiger partial charge in [-0.2, -0.15) is 0 Å². The maximum atomic E-state index is 10.9. The van der Waals surface area contributed by atoms with Crippen LogP contribution in [0, 0.1) is 0 Å². The molecule has 0 aliphatic carbocycles. The van der Waals surface area contributed by atoms with E-state index in [2.05, 4.69) is 15.3 Å². The number of para-hydroxylation sites is 1. The molecule has 19 heavy (non-hydrogen) atoms. The van der Waals surface area contributed by atoms with Crippen molar-refractivity contribution in [3.05, 3.63) is 30.6 Å². The Balaban J connectivity index is 2.25. The number of fused-ring (bicyclic) bond motifs is 1. The smallest absolute Gasteiger partial charge is 0.305 e. The summed E-state index contributed by atoms with van der Waals surface area (Å²) in [6, 6.07) is 7.57. The number of nitrogens with zero attached hydrogens (tertiary/aromatic N) is 2. The molecule has 2 N–H and O–H groups in total. The Hall–Kier alpha value is -2.17. The first kappa shape index (κ1) is 13.3. The monoisotopic (exact) mass is 259 g/mol. The largest absolute Gasteiger partial charge is 0.481 e. The molecule has 1 heterocycles. The van der Waals surface area contributed by atoms with E-state index in [-0.39, 0.29) is 12.5 Å². The standard InChI is InChI=1S/C14H17N3O2/c1-2-5-10(8-13(18)19)17-14-11-6-3-4-7-12(11)15-9-16-14/h3-4,6-7,9-10H,2,5,8H2,1H3,(H,18,19)(H,15,16,17). The number of anilines is 1. The van der Waals surface area contributed by atoms with E-state index in [0.29, 0.717) is 5.82 Å². The van der Waals surface area contributed by atoms with Gasteiger partial charge in [-0.15, -0.1) is 0 Å². The normalized spacial score (nSPS) is 12.3. The second kappa shape index (κ2) is 6.13. The van der Waals surface area contributed by atoms with E-state index in [4.69, 9.17) is 5.11 Å². The third-order valence-electron chi connectivity index (χ3n) is 2.94. The number of aromatic nitrogens is 2. The van der Waals surface area contributed by atoms with Crippen molar-refractivity contribution in [2.45, 2.75) is 32.2 Å². The van der Waals surface area contributed by atoms with Crippen LogP contribution in [-0.4, -0.2) is 27.1 Å². The highest BCUT2D eigenvalue weighted by Crippen LogP contribution is 2.20. The van der Waals surface area contributed by atoms with E-state index in [0.717, 1.165) is 23.7 Å². The predicted octanol–water partition coefficient (Wildman–Crippen LogP) is 2.69. The molecule has 0 radical (unpaired) electrons. The summed E-state index contributed by atoms with van der Waals surface area (Å²) in [4.78, 5) is 19.3. The number of hydrogen-bond acceptors (Lipinski definition) is 4. The number of rotatable bonds is 6. The maximum absolute atomic E-state index is 10.9. The summed E-state index contributed by atoms with van der Waals surface area (Å²) in [5, 5.41) is 13.1. The van der Waals surface area contributed by atoms with Crippen molar-refractivity contribution >= 4 is 22.7 Å². The minimum atomic E-state index is -0.802. The van der Waals surface area contributed by atoms with Crippen molar-refractivity contribution < 1.29 is 9.90 Å². The molecule has 0 spiro atoms. The van der Waals surface area contributed by atoms with Gasteiger partial charge in [0.25, 0.3) is 0 Å². The average Bonchev–Trinajstić information content (AvgIpc) is 2.39. The van der Waals surface area contributed by atoms with Crippen LogP contribution >= 0.6 is 0 Å². The highest BCUT2D eigenvalue weighted by Gasteiger charge is 2.14. The lowest BCUT2D eigenvalue weighted by Gasteiger charge is -2.17. The lowest BCUT2D eigenvalue weighted by molar-refractivity contribution is -0.137. The van der Waals surface area contributed by atoms with Gasteiger partial charge in [0.1, 0.15) is 12.1 Å². The van der Waals surface area contributed by atoms with Gasteiger partial charge in [0.2, 0.25) is 0 Å². The first-order chi connectivity index (χ1) is 9.20. The summed E-state index contributed by atoms with van der Waals surface area (Å²) in [6.45, 7) is 2.04. The van der Waals surface area contributed by atoms with Crippen LogP contribution in [0.4, 0.5) is 5.82 Å². The summed E-state index contributed by atoms with van der Waals surface area (Å²) in [5.41, 5.74) is 0.852. The Morgan fingerprint density at radius 1 is 1.37 bits per heavy atom. The zero-order chi connectivity index (χ0) is 13.7. The van der Waals surface area contributed by atoms with Crippen molar-refractivity contribution in [1.29, 1.82) is 0 Å². The molecule has 2 aromatic rings. The quantitative estimate of drug-likeness (QED) is 0.834. The molecular weight excluding hydrogens is 242 g/mol. The van der Waals surface area contributed by atoms with Crippen LogP contribution in [0.2, 0.25) is 0 Å². The van der Waals surface area contributed by atoms with Gasteiger partial charge in [-0.05, 0) is 18.6 Å². The topological polar surface area (TPSA) is 75.1 Å². The number of hydrogen-bond donors (Lipinski definition) is 2. The summed E-state index contributed by atoms with van der Waals surface area (Å²) in [5.74, 6) is -0.102. The lowest BCUT2D eigenvalue weighted by atomic mass is 10.1. The molecule has 100 valence electrons. The molecule has 0 saturated heterocycles. The van der Waals surface area contributed by atoms with Gasteiger partial charge in [-0.1, -0.05) is 25.5 Å². The van der Waals surface area contributed by atoms with E-state index in [1.165, 1.54) is 6.33 Å². The molecule has 5 nitrogen and oxygen atoms in total. The molecular formula is C14H17N3O2. The average molecular weight is 259 g/mol. The summed E-state index contributed by atoms with van der Waals surface area (Å²) in [6.07, 6.45) is 3.30. The fourth-order valence-corrected chi connectivity index (χ4v) is 2.10. The molecule has 1 aromatic heterocycles. The first-order valence-corrected chi connectivity index (χ1v) is 6.38. The molecule has 2 rings (SSSR count). The lowest BCUT2D eigenvalue weighted by Crippen LogP contribution is -2.23. The van der Waals surface area contributed by atoms with E-state index in [1.807, 2.05) is 31.2 Å². The molecule has 1 aromatic carbocycles. The van der Waals surface area contributed by atoms with Crippen LogP contribution in [0.3, 0.4) is 0 Å². The van der Waals surface area contributed by atoms with Crippen LogP contribution in [0.25, 0.3) is 10.9 Å².